The molecule has 1 aromatic carbocycles. The van der Waals surface area contributed by atoms with Crippen LogP contribution in [0.4, 0.5) is 4.79 Å². The van der Waals surface area contributed by atoms with E-state index in [0.717, 1.165) is 5.56 Å². The molecule has 0 unspecified atom stereocenters. The van der Waals surface area contributed by atoms with Crippen molar-refractivity contribution < 1.29 is 24.5 Å². The van der Waals surface area contributed by atoms with E-state index in [9.17, 15) is 14.7 Å². The number of fused-ring (bicyclic) bond motifs is 1. The molecule has 0 fully saturated rings. The van der Waals surface area contributed by atoms with Crippen LogP contribution >= 0.6 is 0 Å². The number of carbonyl (C=O) groups is 2. The minimum absolute atomic E-state index is 0.00872. The number of nitrogens with zero attached hydrogens (tertiary/aromatic N) is 1. The first kappa shape index (κ1) is 13.2. The topological polar surface area (TPSA) is 87.1 Å². The van der Waals surface area contributed by atoms with Crippen LogP contribution in [0, 0.1) is 0 Å². The van der Waals surface area contributed by atoms with Crippen LogP contribution in [0.1, 0.15) is 28.4 Å². The maximum atomic E-state index is 11.8. The number of phenols is 1. The largest absolute Gasteiger partial charge is 0.508 e. The maximum Gasteiger partial charge on any atom is 0.407 e. The Morgan fingerprint density at radius 2 is 2.16 bits per heavy atom. The summed E-state index contributed by atoms with van der Waals surface area (Å²) in [5.41, 5.74) is 1.65. The van der Waals surface area contributed by atoms with Gasteiger partial charge in [-0.3, -0.25) is 0 Å². The van der Waals surface area contributed by atoms with Crippen LogP contribution < -0.4 is 0 Å². The summed E-state index contributed by atoms with van der Waals surface area (Å²) in [6, 6.07) is 2.89. The highest BCUT2D eigenvalue weighted by Crippen LogP contribution is 2.28. The van der Waals surface area contributed by atoms with Crippen LogP contribution in [0.5, 0.6) is 5.75 Å². The molecule has 0 spiro atoms. The summed E-state index contributed by atoms with van der Waals surface area (Å²) in [6.07, 6.45) is -0.545. The molecule has 1 heterocycles. The van der Waals surface area contributed by atoms with Crippen molar-refractivity contribution in [3.05, 3.63) is 28.8 Å². The zero-order chi connectivity index (χ0) is 14.0. The van der Waals surface area contributed by atoms with E-state index in [1.807, 2.05) is 0 Å². The fraction of sp³-hybridized carbons (Fsp3) is 0.385. The lowest BCUT2D eigenvalue weighted by molar-refractivity contribution is 0.0521. The number of ether oxygens (including phenoxy) is 1. The van der Waals surface area contributed by atoms with Crippen molar-refractivity contribution in [1.29, 1.82) is 0 Å². The highest BCUT2D eigenvalue weighted by molar-refractivity contribution is 5.92. The van der Waals surface area contributed by atoms with Gasteiger partial charge in [-0.05, 0) is 36.6 Å². The number of hydrogen-bond acceptors (Lipinski definition) is 4. The van der Waals surface area contributed by atoms with Gasteiger partial charge in [-0.1, -0.05) is 0 Å². The quantitative estimate of drug-likeness (QED) is 0.793. The Kier molecular flexibility index (Phi) is 3.59. The van der Waals surface area contributed by atoms with Crippen molar-refractivity contribution in [3.63, 3.8) is 0 Å². The molecular weight excluding hydrogens is 250 g/mol. The van der Waals surface area contributed by atoms with Gasteiger partial charge >= 0.3 is 12.1 Å². The molecule has 0 aliphatic carbocycles. The third-order valence-corrected chi connectivity index (χ3v) is 3.09. The second-order valence-electron chi connectivity index (χ2n) is 4.31. The molecule has 0 bridgehead atoms. The van der Waals surface area contributed by atoms with E-state index in [2.05, 4.69) is 0 Å². The van der Waals surface area contributed by atoms with Gasteiger partial charge in [0.25, 0.3) is 0 Å². The molecule has 2 rings (SSSR count). The van der Waals surface area contributed by atoms with Gasteiger partial charge in [0.15, 0.2) is 0 Å². The minimum atomic E-state index is -1.02. The zero-order valence-corrected chi connectivity index (χ0v) is 10.5. The van der Waals surface area contributed by atoms with Gasteiger partial charge in [-0.2, -0.15) is 0 Å². The highest BCUT2D eigenvalue weighted by atomic mass is 16.5. The SMILES string of the molecule is CCOC(=O)c1cc(O)cc2c1CN(C(=O)O)CC2. The minimum Gasteiger partial charge on any atom is -0.508 e. The Hall–Kier alpha value is -2.24. The average molecular weight is 265 g/mol. The number of phenolic OH excluding ortho intramolecular Hbond substituents is 1. The van der Waals surface area contributed by atoms with E-state index in [1.165, 1.54) is 11.0 Å². The highest BCUT2D eigenvalue weighted by Gasteiger charge is 2.25. The summed E-state index contributed by atoms with van der Waals surface area (Å²) < 4.78 is 4.93. The molecule has 0 atom stereocenters. The van der Waals surface area contributed by atoms with Gasteiger partial charge in [0.2, 0.25) is 0 Å². The summed E-state index contributed by atoms with van der Waals surface area (Å²) in [5, 5.41) is 18.6. The molecule has 1 amide bonds. The van der Waals surface area contributed by atoms with Gasteiger partial charge < -0.3 is 19.8 Å². The Balaban J connectivity index is 2.42. The lowest BCUT2D eigenvalue weighted by atomic mass is 9.94. The standard InChI is InChI=1S/C13H15NO5/c1-2-19-12(16)10-6-9(15)5-8-3-4-14(13(17)18)7-11(8)10/h5-6,15H,2-4,7H2,1H3,(H,17,18). The second-order valence-corrected chi connectivity index (χ2v) is 4.31. The third-order valence-electron chi connectivity index (χ3n) is 3.09. The molecule has 1 aliphatic rings. The van der Waals surface area contributed by atoms with E-state index < -0.39 is 12.1 Å². The third kappa shape index (κ3) is 2.62. The van der Waals surface area contributed by atoms with E-state index in [0.29, 0.717) is 18.5 Å². The number of amides is 1. The van der Waals surface area contributed by atoms with Crippen LogP contribution in [0.3, 0.4) is 0 Å². The Morgan fingerprint density at radius 1 is 1.42 bits per heavy atom. The molecule has 6 nitrogen and oxygen atoms in total. The summed E-state index contributed by atoms with van der Waals surface area (Å²) in [7, 11) is 0. The molecule has 0 radical (unpaired) electrons. The zero-order valence-electron chi connectivity index (χ0n) is 10.5. The number of carboxylic acid groups (broad SMARTS) is 1. The predicted molar refractivity (Wildman–Crippen MR) is 66.2 cm³/mol. The summed E-state index contributed by atoms with van der Waals surface area (Å²) in [6.45, 7) is 2.41. The number of benzene rings is 1. The van der Waals surface area contributed by atoms with Gasteiger partial charge in [-0.25, -0.2) is 9.59 Å². The first-order valence-electron chi connectivity index (χ1n) is 6.02. The molecule has 1 aliphatic heterocycles. The van der Waals surface area contributed by atoms with Gasteiger partial charge in [-0.15, -0.1) is 0 Å². The molecular formula is C13H15NO5. The molecule has 0 saturated carbocycles. The number of esters is 1. The number of rotatable bonds is 2. The van der Waals surface area contributed by atoms with Crippen LogP contribution in [-0.2, 0) is 17.7 Å². The van der Waals surface area contributed by atoms with Gasteiger partial charge in [0.05, 0.1) is 18.7 Å². The fourth-order valence-corrected chi connectivity index (χ4v) is 2.20. The Bertz CT molecular complexity index is 526. The molecule has 6 heteroatoms. The van der Waals surface area contributed by atoms with Gasteiger partial charge in [0.1, 0.15) is 5.75 Å². The number of aromatic hydroxyl groups is 1. The van der Waals surface area contributed by atoms with Crippen LogP contribution in [-0.4, -0.2) is 40.3 Å². The number of carbonyl (C=O) groups excluding carboxylic acids is 1. The van der Waals surface area contributed by atoms with Crippen LogP contribution in [0.15, 0.2) is 12.1 Å². The maximum absolute atomic E-state index is 11.8. The average Bonchev–Trinajstić information content (AvgIpc) is 2.37. The molecule has 102 valence electrons. The van der Waals surface area contributed by atoms with E-state index in [-0.39, 0.29) is 24.5 Å². The smallest absolute Gasteiger partial charge is 0.407 e. The van der Waals surface area contributed by atoms with Crippen molar-refractivity contribution in [2.45, 2.75) is 19.9 Å². The lowest BCUT2D eigenvalue weighted by Crippen LogP contribution is -2.35. The van der Waals surface area contributed by atoms with Crippen molar-refractivity contribution in [2.75, 3.05) is 13.2 Å². The Labute approximate surface area is 110 Å². The molecule has 0 saturated heterocycles. The van der Waals surface area contributed by atoms with Crippen molar-refractivity contribution in [2.24, 2.45) is 0 Å². The number of hydrogen-bond donors (Lipinski definition) is 2. The second kappa shape index (κ2) is 5.17. The summed E-state index contributed by atoms with van der Waals surface area (Å²) >= 11 is 0. The molecule has 19 heavy (non-hydrogen) atoms. The fourth-order valence-electron chi connectivity index (χ4n) is 2.20. The van der Waals surface area contributed by atoms with Crippen LogP contribution in [0.2, 0.25) is 0 Å². The molecule has 2 N–H and O–H groups in total. The monoisotopic (exact) mass is 265 g/mol. The van der Waals surface area contributed by atoms with Crippen molar-refractivity contribution in [1.82, 2.24) is 4.90 Å². The van der Waals surface area contributed by atoms with Crippen molar-refractivity contribution in [3.8, 4) is 5.75 Å². The van der Waals surface area contributed by atoms with Crippen molar-refractivity contribution >= 4 is 12.1 Å². The van der Waals surface area contributed by atoms with Gasteiger partial charge in [0, 0.05) is 6.54 Å². The summed E-state index contributed by atoms with van der Waals surface area (Å²) in [5.74, 6) is -0.549. The van der Waals surface area contributed by atoms with Crippen LogP contribution in [0.25, 0.3) is 0 Å². The first-order chi connectivity index (χ1) is 9.02. The molecule has 1 aromatic rings. The van der Waals surface area contributed by atoms with E-state index >= 15 is 0 Å². The Morgan fingerprint density at radius 3 is 2.79 bits per heavy atom. The van der Waals surface area contributed by atoms with E-state index in [1.54, 1.807) is 13.0 Å². The first-order valence-corrected chi connectivity index (χ1v) is 6.02. The predicted octanol–water partition coefficient (Wildman–Crippen LogP) is 1.60. The normalized spacial score (nSPS) is 13.8. The van der Waals surface area contributed by atoms with E-state index in [4.69, 9.17) is 9.84 Å². The molecule has 0 aromatic heterocycles. The lowest BCUT2D eigenvalue weighted by Gasteiger charge is -2.27. The summed E-state index contributed by atoms with van der Waals surface area (Å²) in [4.78, 5) is 24.1.